The predicted octanol–water partition coefficient (Wildman–Crippen LogP) is 14.1. The van der Waals surface area contributed by atoms with E-state index >= 15 is 0 Å². The Kier molecular flexibility index (Phi) is 17.7. The molecule has 0 aliphatic rings. The summed E-state index contributed by atoms with van der Waals surface area (Å²) in [5.74, 6) is 1.40. The Morgan fingerprint density at radius 2 is 0.896 bits per heavy atom. The van der Waals surface area contributed by atoms with Gasteiger partial charge in [-0.2, -0.15) is 12.1 Å². The minimum atomic E-state index is -0.826. The minimum absolute atomic E-state index is 0.702. The second-order valence-corrected chi connectivity index (χ2v) is 17.9. The Balaban J connectivity index is 0.000000224. The summed E-state index contributed by atoms with van der Waals surface area (Å²) in [4.78, 5) is 0. The van der Waals surface area contributed by atoms with E-state index in [0.717, 1.165) is 35.2 Å². The fraction of sp³-hybridized carbons (Fsp3) is 0.318. The zero-order valence-corrected chi connectivity index (χ0v) is 35.1. The van der Waals surface area contributed by atoms with Crippen molar-refractivity contribution in [3.05, 3.63) is 131 Å². The molecule has 6 aromatic carbocycles. The number of hydrogen-bond donors (Lipinski definition) is 0. The quantitative estimate of drug-likeness (QED) is 0.107. The van der Waals surface area contributed by atoms with Gasteiger partial charge >= 0.3 is 37.9 Å². The van der Waals surface area contributed by atoms with Gasteiger partial charge in [-0.3, -0.25) is 0 Å². The third-order valence-corrected chi connectivity index (χ3v) is 8.29. The number of halogens is 2. The summed E-state index contributed by atoms with van der Waals surface area (Å²) < 4.78 is 0. The van der Waals surface area contributed by atoms with Crippen LogP contribution in [-0.4, -0.2) is 9.52 Å². The molecule has 0 N–H and O–H groups in total. The maximum atomic E-state index is 4.93. The van der Waals surface area contributed by atoms with E-state index in [9.17, 15) is 0 Å². The van der Waals surface area contributed by atoms with Crippen molar-refractivity contribution >= 4 is 48.1 Å². The van der Waals surface area contributed by atoms with Gasteiger partial charge in [0, 0.05) is 9.52 Å². The van der Waals surface area contributed by atoms with Crippen molar-refractivity contribution in [3.63, 3.8) is 0 Å². The first-order valence-electron chi connectivity index (χ1n) is 17.3. The second-order valence-electron chi connectivity index (χ2n) is 13.1. The van der Waals surface area contributed by atoms with Crippen molar-refractivity contribution < 1.29 is 20.8 Å². The van der Waals surface area contributed by atoms with Gasteiger partial charge in [-0.05, 0) is 59.8 Å². The Bertz CT molecular complexity index is 1680. The average Bonchev–Trinajstić information content (AvgIpc) is 3.68. The predicted molar refractivity (Wildman–Crippen MR) is 215 cm³/mol. The molecule has 0 nitrogen and oxygen atoms in total. The zero-order chi connectivity index (χ0) is 35.1. The van der Waals surface area contributed by atoms with Gasteiger partial charge in [-0.15, -0.1) is 69.1 Å². The third kappa shape index (κ3) is 11.4. The molecule has 0 aliphatic heterocycles. The number of benzene rings is 4. The molecule has 0 atom stereocenters. The van der Waals surface area contributed by atoms with Crippen molar-refractivity contribution in [1.82, 2.24) is 0 Å². The molecule has 0 aromatic heterocycles. The number of fused-ring (bicyclic) bond motifs is 2. The van der Waals surface area contributed by atoms with Crippen LogP contribution < -0.4 is 0 Å². The first kappa shape index (κ1) is 40.2. The molecule has 0 heterocycles. The molecule has 0 saturated heterocycles. The number of aryl methyl sites for hydroxylation is 2. The van der Waals surface area contributed by atoms with Crippen LogP contribution in [0.1, 0.15) is 63.8 Å². The van der Waals surface area contributed by atoms with Crippen LogP contribution in [0.25, 0.3) is 43.8 Å². The van der Waals surface area contributed by atoms with Gasteiger partial charge < -0.3 is 0 Å². The van der Waals surface area contributed by atoms with Gasteiger partial charge in [-0.1, -0.05) is 126 Å². The van der Waals surface area contributed by atoms with Crippen molar-refractivity contribution in [1.29, 1.82) is 0 Å². The molecule has 0 unspecified atom stereocenters. The molecule has 0 fully saturated rings. The summed E-state index contributed by atoms with van der Waals surface area (Å²) in [5, 5.41) is 5.53. The molecular formula is C44H52Cl2SiZr. The molecule has 0 aliphatic carbocycles. The molecule has 250 valence electrons. The third-order valence-electron chi connectivity index (χ3n) is 8.29. The van der Waals surface area contributed by atoms with Crippen LogP contribution in [-0.2, 0) is 46.5 Å². The molecule has 0 spiro atoms. The van der Waals surface area contributed by atoms with Gasteiger partial charge in [0.25, 0.3) is 0 Å². The molecule has 6 aromatic rings. The zero-order valence-electron chi connectivity index (χ0n) is 30.1. The molecular weight excluding hydrogens is 719 g/mol. The molecule has 0 amide bonds. The maximum absolute atomic E-state index is 4.93. The van der Waals surface area contributed by atoms with Crippen LogP contribution in [0, 0.1) is 11.8 Å². The second kappa shape index (κ2) is 21.1. The van der Waals surface area contributed by atoms with Crippen molar-refractivity contribution in [2.45, 2.75) is 80.3 Å². The van der Waals surface area contributed by atoms with Gasteiger partial charge in [-0.25, -0.2) is 0 Å². The number of hydrogen-bond acceptors (Lipinski definition) is 0. The van der Waals surface area contributed by atoms with Crippen LogP contribution in [0.5, 0.6) is 0 Å². The summed E-state index contributed by atoms with van der Waals surface area (Å²) in [6.45, 7) is 17.9. The SMILES string of the molecule is CCc1ccccc1-c1cccc2[cH-]c(CC(C)C)cc12.CCc1ccccc1-c1cccc2[cH-]c(CC(C)C)cc12.C[Si]C.[Cl][Zr+2][Cl]. The normalized spacial score (nSPS) is 10.6. The molecule has 2 radical (unpaired) electrons. The van der Waals surface area contributed by atoms with Crippen LogP contribution in [0.4, 0.5) is 0 Å². The monoisotopic (exact) mass is 768 g/mol. The van der Waals surface area contributed by atoms with E-state index in [1.54, 1.807) is 0 Å². The topological polar surface area (TPSA) is 0 Å². The molecule has 0 bridgehead atoms. The van der Waals surface area contributed by atoms with E-state index < -0.39 is 20.8 Å². The summed E-state index contributed by atoms with van der Waals surface area (Å²) in [6.07, 6.45) is 4.46. The van der Waals surface area contributed by atoms with Crippen LogP contribution in [0.3, 0.4) is 0 Å². The summed E-state index contributed by atoms with van der Waals surface area (Å²) in [7, 11) is 11.0. The first-order chi connectivity index (χ1) is 23.2. The Hall–Kier alpha value is -2.22. The van der Waals surface area contributed by atoms with Gasteiger partial charge in [0.05, 0.1) is 0 Å². The molecule has 48 heavy (non-hydrogen) atoms. The average molecular weight is 771 g/mol. The summed E-state index contributed by atoms with van der Waals surface area (Å²) >= 11 is -0.826. The fourth-order valence-electron chi connectivity index (χ4n) is 6.42. The van der Waals surface area contributed by atoms with Crippen LogP contribution in [0.2, 0.25) is 13.1 Å². The first-order valence-corrected chi connectivity index (χ1v) is 25.6. The van der Waals surface area contributed by atoms with E-state index in [2.05, 4.69) is 164 Å². The van der Waals surface area contributed by atoms with Crippen molar-refractivity contribution in [3.8, 4) is 22.3 Å². The number of rotatable bonds is 8. The van der Waals surface area contributed by atoms with E-state index in [0.29, 0.717) is 11.8 Å². The van der Waals surface area contributed by atoms with Crippen LogP contribution in [0.15, 0.2) is 109 Å². The van der Waals surface area contributed by atoms with Crippen molar-refractivity contribution in [2.24, 2.45) is 11.8 Å². The Labute approximate surface area is 312 Å². The van der Waals surface area contributed by atoms with E-state index in [1.807, 2.05) is 0 Å². The molecule has 0 saturated carbocycles. The molecule has 4 heteroatoms. The van der Waals surface area contributed by atoms with Gasteiger partial charge in [0.1, 0.15) is 0 Å². The summed E-state index contributed by atoms with van der Waals surface area (Å²) in [5.41, 5.74) is 11.3. The van der Waals surface area contributed by atoms with E-state index in [-0.39, 0.29) is 0 Å². The standard InChI is InChI=1S/2C21H23.C2H6Si.2ClH.Zr/c2*1-4-17-8-5-6-10-19(17)20-11-7-9-18-13-16(12-15(2)3)14-21(18)20;1-3-2;;;/h2*5-11,13-15H,4,12H2,1-3H3;1-2H3;2*1H;/q2*-1;;;;+4/p-2. The van der Waals surface area contributed by atoms with Crippen molar-refractivity contribution in [2.75, 3.05) is 0 Å². The van der Waals surface area contributed by atoms with Crippen LogP contribution >= 0.6 is 17.0 Å². The van der Waals surface area contributed by atoms with Gasteiger partial charge in [0.2, 0.25) is 0 Å². The van der Waals surface area contributed by atoms with Gasteiger partial charge in [0.15, 0.2) is 0 Å². The molecule has 6 rings (SSSR count). The Morgan fingerprint density at radius 1 is 0.562 bits per heavy atom. The fourth-order valence-corrected chi connectivity index (χ4v) is 6.42. The van der Waals surface area contributed by atoms with E-state index in [1.165, 1.54) is 66.1 Å². The summed E-state index contributed by atoms with van der Waals surface area (Å²) in [6, 6.07) is 40.4. The van der Waals surface area contributed by atoms with E-state index in [4.69, 9.17) is 17.0 Å². The Morgan fingerprint density at radius 3 is 1.23 bits per heavy atom.